The Morgan fingerprint density at radius 2 is 1.82 bits per heavy atom. The average Bonchev–Trinajstić information content (AvgIpc) is 3.22. The topological polar surface area (TPSA) is 96.4 Å². The van der Waals surface area contributed by atoms with Gasteiger partial charge in [0, 0.05) is 31.3 Å². The van der Waals surface area contributed by atoms with Crippen LogP contribution in [-0.2, 0) is 24.7 Å². The van der Waals surface area contributed by atoms with Gasteiger partial charge in [-0.05, 0) is 37.3 Å². The van der Waals surface area contributed by atoms with Crippen molar-refractivity contribution < 1.29 is 29.0 Å². The van der Waals surface area contributed by atoms with Gasteiger partial charge < -0.3 is 24.4 Å². The number of hydrogen-bond donors (Lipinski definition) is 1. The molecule has 2 amide bonds. The highest BCUT2D eigenvalue weighted by molar-refractivity contribution is 6.50. The number of carbonyl (C=O) groups is 3. The van der Waals surface area contributed by atoms with Crippen LogP contribution in [0, 0.1) is 0 Å². The minimum absolute atomic E-state index is 0.0108. The largest absolute Gasteiger partial charge is 0.507 e. The van der Waals surface area contributed by atoms with Crippen molar-refractivity contribution in [3.8, 4) is 5.75 Å². The Labute approximate surface area is 197 Å². The second-order valence-electron chi connectivity index (χ2n) is 7.89. The van der Waals surface area contributed by atoms with Gasteiger partial charge in [0.15, 0.2) is 5.54 Å². The van der Waals surface area contributed by atoms with Gasteiger partial charge in [-0.3, -0.25) is 14.4 Å². The number of ether oxygens (including phenoxy) is 2. The van der Waals surface area contributed by atoms with Crippen molar-refractivity contribution in [3.63, 3.8) is 0 Å². The van der Waals surface area contributed by atoms with Crippen LogP contribution in [0.2, 0.25) is 0 Å². The third-order valence-electron chi connectivity index (χ3n) is 6.08. The first-order chi connectivity index (χ1) is 16.4. The van der Waals surface area contributed by atoms with Crippen LogP contribution in [0.1, 0.15) is 18.1 Å². The van der Waals surface area contributed by atoms with E-state index in [2.05, 4.69) is 6.58 Å². The predicted octanol–water partition coefficient (Wildman–Crippen LogP) is 2.84. The van der Waals surface area contributed by atoms with E-state index < -0.39 is 28.9 Å². The highest BCUT2D eigenvalue weighted by atomic mass is 16.5. The summed E-state index contributed by atoms with van der Waals surface area (Å²) in [6, 6.07) is 13.4. The maximum atomic E-state index is 14.1. The van der Waals surface area contributed by atoms with Crippen molar-refractivity contribution in [2.45, 2.75) is 12.5 Å². The monoisotopic (exact) mass is 462 g/mol. The molecule has 1 fully saturated rings. The second-order valence-corrected chi connectivity index (χ2v) is 7.89. The number of aliphatic hydroxyl groups excluding tert-OH is 1. The summed E-state index contributed by atoms with van der Waals surface area (Å²) in [4.78, 5) is 43.4. The summed E-state index contributed by atoms with van der Waals surface area (Å²) in [5, 5.41) is 11.4. The number of amides is 2. The third kappa shape index (κ3) is 3.30. The van der Waals surface area contributed by atoms with Crippen molar-refractivity contribution in [1.29, 1.82) is 0 Å². The summed E-state index contributed by atoms with van der Waals surface area (Å²) < 4.78 is 10.6. The second kappa shape index (κ2) is 9.15. The van der Waals surface area contributed by atoms with E-state index in [4.69, 9.17) is 9.47 Å². The molecule has 2 aliphatic rings. The summed E-state index contributed by atoms with van der Waals surface area (Å²) in [7, 11) is 1.47. The minimum Gasteiger partial charge on any atom is -0.507 e. The van der Waals surface area contributed by atoms with Gasteiger partial charge in [-0.2, -0.15) is 0 Å². The normalized spacial score (nSPS) is 20.8. The Morgan fingerprint density at radius 1 is 1.12 bits per heavy atom. The van der Waals surface area contributed by atoms with Gasteiger partial charge in [-0.25, -0.2) is 0 Å². The molecule has 2 heterocycles. The van der Waals surface area contributed by atoms with E-state index in [1.54, 1.807) is 54.6 Å². The predicted molar refractivity (Wildman–Crippen MR) is 126 cm³/mol. The Balaban J connectivity index is 2.00. The molecule has 2 aromatic rings. The minimum atomic E-state index is -1.81. The van der Waals surface area contributed by atoms with Crippen molar-refractivity contribution in [1.82, 2.24) is 4.90 Å². The Kier molecular flexibility index (Phi) is 6.26. The number of methoxy groups -OCH3 is 1. The molecular formula is C26H26N2O6. The fraction of sp³-hybridized carbons (Fsp3) is 0.269. The van der Waals surface area contributed by atoms with Gasteiger partial charge in [0.05, 0.1) is 24.5 Å². The molecule has 1 atom stereocenters. The van der Waals surface area contributed by atoms with E-state index in [0.717, 1.165) is 0 Å². The number of hydrogen-bond acceptors (Lipinski definition) is 6. The molecule has 4 rings (SSSR count). The van der Waals surface area contributed by atoms with Crippen molar-refractivity contribution >= 4 is 29.0 Å². The summed E-state index contributed by atoms with van der Waals surface area (Å²) in [5.74, 6) is -2.13. The number of anilines is 1. The number of aliphatic hydroxyl groups is 1. The van der Waals surface area contributed by atoms with Crippen molar-refractivity contribution in [3.05, 3.63) is 77.9 Å². The summed E-state index contributed by atoms with van der Waals surface area (Å²) >= 11 is 0. The van der Waals surface area contributed by atoms with Crippen LogP contribution in [0.5, 0.6) is 5.75 Å². The van der Waals surface area contributed by atoms with E-state index in [0.29, 0.717) is 29.2 Å². The lowest BCUT2D eigenvalue weighted by atomic mass is 9.82. The molecule has 2 aliphatic heterocycles. The lowest BCUT2D eigenvalue weighted by molar-refractivity contribution is -0.144. The molecule has 2 aromatic carbocycles. The number of fused-ring (bicyclic) bond motifs is 2. The molecule has 0 aromatic heterocycles. The summed E-state index contributed by atoms with van der Waals surface area (Å²) in [6.45, 7) is 6.33. The maximum Gasteiger partial charge on any atom is 0.296 e. The lowest BCUT2D eigenvalue weighted by Crippen LogP contribution is -2.52. The van der Waals surface area contributed by atoms with Crippen LogP contribution in [0.4, 0.5) is 5.69 Å². The number of nitrogens with zero attached hydrogens (tertiary/aromatic N) is 2. The number of carbonyl (C=O) groups excluding carboxylic acids is 3. The number of benzene rings is 2. The first-order valence-corrected chi connectivity index (χ1v) is 11.0. The maximum absolute atomic E-state index is 14.1. The molecule has 0 aliphatic carbocycles. The zero-order chi connectivity index (χ0) is 24.5. The third-order valence-corrected chi connectivity index (χ3v) is 6.08. The molecule has 1 saturated heterocycles. The molecule has 0 saturated carbocycles. The lowest BCUT2D eigenvalue weighted by Gasteiger charge is -2.34. The van der Waals surface area contributed by atoms with E-state index in [1.807, 2.05) is 6.92 Å². The van der Waals surface area contributed by atoms with Crippen LogP contribution < -0.4 is 9.64 Å². The molecule has 8 nitrogen and oxygen atoms in total. The fourth-order valence-corrected chi connectivity index (χ4v) is 4.68. The van der Waals surface area contributed by atoms with Gasteiger partial charge in [0.25, 0.3) is 17.6 Å². The molecule has 8 heteroatoms. The van der Waals surface area contributed by atoms with E-state index in [1.165, 1.54) is 16.9 Å². The fourth-order valence-electron chi connectivity index (χ4n) is 4.68. The van der Waals surface area contributed by atoms with Crippen LogP contribution in [0.15, 0.2) is 66.8 Å². The van der Waals surface area contributed by atoms with E-state index in [-0.39, 0.29) is 25.3 Å². The zero-order valence-electron chi connectivity index (χ0n) is 19.1. The van der Waals surface area contributed by atoms with Crippen LogP contribution >= 0.6 is 0 Å². The number of para-hydroxylation sites is 1. The van der Waals surface area contributed by atoms with Gasteiger partial charge in [-0.1, -0.05) is 24.3 Å². The molecule has 0 unspecified atom stereocenters. The zero-order valence-corrected chi connectivity index (χ0v) is 19.1. The SMILES string of the molecule is C=CCN1C(=O)[C@@]2(C(=C(O)c3ccc(OCC)cc3)C(=O)C(=O)N2CCOC)c2ccccc21. The van der Waals surface area contributed by atoms with Crippen molar-refractivity contribution in [2.75, 3.05) is 38.3 Å². The molecule has 0 radical (unpaired) electrons. The summed E-state index contributed by atoms with van der Waals surface area (Å²) in [5.41, 5.74) is -0.782. The number of likely N-dealkylation sites (tertiary alicyclic amines) is 1. The molecule has 1 N–H and O–H groups in total. The first kappa shape index (κ1) is 23.3. The number of Topliss-reactive ketones (excluding diaryl/α,β-unsaturated/α-hetero) is 1. The Hall–Kier alpha value is -3.91. The van der Waals surface area contributed by atoms with Gasteiger partial charge in [0.1, 0.15) is 11.5 Å². The molecule has 1 spiro atoms. The van der Waals surface area contributed by atoms with Gasteiger partial charge >= 0.3 is 0 Å². The summed E-state index contributed by atoms with van der Waals surface area (Å²) in [6.07, 6.45) is 1.57. The smallest absolute Gasteiger partial charge is 0.296 e. The van der Waals surface area contributed by atoms with Gasteiger partial charge in [-0.15, -0.1) is 6.58 Å². The van der Waals surface area contributed by atoms with Gasteiger partial charge in [0.2, 0.25) is 0 Å². The first-order valence-electron chi connectivity index (χ1n) is 11.0. The molecule has 34 heavy (non-hydrogen) atoms. The average molecular weight is 463 g/mol. The molecule has 0 bridgehead atoms. The molecule has 176 valence electrons. The van der Waals surface area contributed by atoms with E-state index in [9.17, 15) is 19.5 Å². The van der Waals surface area contributed by atoms with E-state index >= 15 is 0 Å². The van der Waals surface area contributed by atoms with Crippen LogP contribution in [-0.4, -0.2) is 61.0 Å². The molecular weight excluding hydrogens is 436 g/mol. The van der Waals surface area contributed by atoms with Crippen molar-refractivity contribution in [2.24, 2.45) is 0 Å². The highest BCUT2D eigenvalue weighted by Crippen LogP contribution is 2.53. The standard InChI is InChI=1S/C26H26N2O6/c1-4-14-27-20-9-7-6-8-19(20)26(25(27)32)21(23(30)24(31)28(26)15-16-33-3)22(29)17-10-12-18(13-11-17)34-5-2/h4,6-13,29H,1,5,14-16H2,2-3H3/t26-/m0/s1. The number of ketones is 1. The van der Waals surface area contributed by atoms with Crippen LogP contribution in [0.25, 0.3) is 5.76 Å². The number of rotatable bonds is 8. The Morgan fingerprint density at radius 3 is 2.47 bits per heavy atom. The quantitative estimate of drug-likeness (QED) is 0.281. The van der Waals surface area contributed by atoms with Crippen LogP contribution in [0.3, 0.4) is 0 Å². The highest BCUT2D eigenvalue weighted by Gasteiger charge is 2.66. The Bertz CT molecular complexity index is 1190.